The van der Waals surface area contributed by atoms with Crippen LogP contribution in [0.25, 0.3) is 0 Å². The Labute approximate surface area is 402 Å². The molecule has 5 aliphatic heterocycles. The Balaban J connectivity index is 0.749. The van der Waals surface area contributed by atoms with E-state index in [1.165, 1.54) is 13.0 Å². The van der Waals surface area contributed by atoms with Gasteiger partial charge >= 0.3 is 11.9 Å². The van der Waals surface area contributed by atoms with Gasteiger partial charge in [-0.2, -0.15) is 0 Å². The highest BCUT2D eigenvalue weighted by molar-refractivity contribution is 5.85. The van der Waals surface area contributed by atoms with E-state index >= 15 is 0 Å². The summed E-state index contributed by atoms with van der Waals surface area (Å²) in [4.78, 5) is 24.2. The number of rotatable bonds is 11. The van der Waals surface area contributed by atoms with Crippen LogP contribution in [0.1, 0.15) is 112 Å². The van der Waals surface area contributed by atoms with Crippen molar-refractivity contribution in [1.29, 1.82) is 0 Å². The normalized spacial score (nSPS) is 53.3. The summed E-state index contributed by atoms with van der Waals surface area (Å²) in [6, 6.07) is 0. The van der Waals surface area contributed by atoms with E-state index in [0.717, 1.165) is 50.5 Å². The van der Waals surface area contributed by atoms with Crippen molar-refractivity contribution in [3.8, 4) is 0 Å². The van der Waals surface area contributed by atoms with Gasteiger partial charge in [0.2, 0.25) is 0 Å². The van der Waals surface area contributed by atoms with Crippen molar-refractivity contribution >= 4 is 11.9 Å². The number of hydrogen-bond donors (Lipinski definition) is 8. The summed E-state index contributed by atoms with van der Waals surface area (Å²) in [6.07, 6.45) is -10.8. The lowest BCUT2D eigenvalue weighted by molar-refractivity contribution is -0.355. The molecule has 0 aromatic heterocycles. The van der Waals surface area contributed by atoms with Gasteiger partial charge in [-0.1, -0.05) is 13.8 Å². The molecule has 0 aromatic rings. The molecule has 4 aliphatic carbocycles. The third kappa shape index (κ3) is 9.59. The van der Waals surface area contributed by atoms with Crippen molar-refractivity contribution in [3.63, 3.8) is 0 Å². The lowest BCUT2D eigenvalue weighted by Crippen LogP contribution is -2.62. The van der Waals surface area contributed by atoms with Gasteiger partial charge in [-0.25, -0.2) is 4.79 Å². The second-order valence-electron chi connectivity index (χ2n) is 22.3. The molecule has 2 unspecified atom stereocenters. The number of esters is 2. The molecule has 0 aromatic carbocycles. The maximum absolute atomic E-state index is 12.6. The summed E-state index contributed by atoms with van der Waals surface area (Å²) in [5, 5.41) is 87.5. The number of carbonyl (C=O) groups excluding carboxylic acids is 2. The third-order valence-electron chi connectivity index (χ3n) is 18.2. The van der Waals surface area contributed by atoms with Gasteiger partial charge in [0.1, 0.15) is 55.4 Å². The number of hydrogen-bond acceptors (Lipinski definition) is 20. The predicted octanol–water partition coefficient (Wildman–Crippen LogP) is 0.613. The molecule has 20 nitrogen and oxygen atoms in total. The second kappa shape index (κ2) is 20.0. The molecule has 26 atom stereocenters. The summed E-state index contributed by atoms with van der Waals surface area (Å²) in [6.45, 7) is 10.4. The Hall–Kier alpha value is -1.96. The number of ether oxygens (including phenoxy) is 10. The molecule has 0 bridgehead atoms. The Morgan fingerprint density at radius 2 is 1.33 bits per heavy atom. The molecular formula is C49H76O20. The topological polar surface area (TPSA) is 288 Å². The standard InChI is InChI=1S/C49H76O20/c1-21-43(67-37-16-31(53)44(22(2)62-37)68-38-17-33(64-24(4)51)45(23(3)63-38)69-46-42(58)41(57)40(56)34(19-50)66-46)30(52)15-36(61-21)65-27-9-11-47(5)26(14-27)7-8-29-28(47)10-12-48(6)39(25-13-35(55)60-20-25)32(54)18-49(29,48)59/h13,21-23,26-34,36-46,50,52-54,56-59H,7-12,14-20H2,1-6H3/t21-,22-,23-,26?,27?,28+,29-,30+,31+,32+,33+,34-,36+,37+,38+,39+,40-,41+,42-,43-,44-,45-,46+,47+,48-,49+/m1/s1. The quantitative estimate of drug-likeness (QED) is 0.104. The van der Waals surface area contributed by atoms with Crippen molar-refractivity contribution in [2.24, 2.45) is 34.5 Å². The lowest BCUT2D eigenvalue weighted by atomic mass is 9.43. The van der Waals surface area contributed by atoms with Gasteiger partial charge in [0.05, 0.1) is 54.9 Å². The minimum Gasteiger partial charge on any atom is -0.459 e. The van der Waals surface area contributed by atoms with Crippen LogP contribution in [0, 0.1) is 34.5 Å². The molecule has 0 radical (unpaired) electrons. The smallest absolute Gasteiger partial charge is 0.331 e. The highest BCUT2D eigenvalue weighted by Crippen LogP contribution is 2.70. The maximum Gasteiger partial charge on any atom is 0.331 e. The van der Waals surface area contributed by atoms with E-state index in [1.807, 2.05) is 6.92 Å². The van der Waals surface area contributed by atoms with E-state index in [2.05, 4.69) is 13.8 Å². The first-order chi connectivity index (χ1) is 32.6. The summed E-state index contributed by atoms with van der Waals surface area (Å²) in [5.74, 6) is -0.609. The first-order valence-corrected chi connectivity index (χ1v) is 25.3. The van der Waals surface area contributed by atoms with Crippen molar-refractivity contribution in [1.82, 2.24) is 0 Å². The van der Waals surface area contributed by atoms with Crippen LogP contribution in [0.5, 0.6) is 0 Å². The van der Waals surface area contributed by atoms with Crippen molar-refractivity contribution in [2.45, 2.75) is 234 Å². The summed E-state index contributed by atoms with van der Waals surface area (Å²) in [5.41, 5.74) is -0.809. The van der Waals surface area contributed by atoms with Crippen LogP contribution in [0.4, 0.5) is 0 Å². The first kappa shape index (κ1) is 51.9. The number of cyclic esters (lactones) is 1. The minimum atomic E-state index is -1.68. The summed E-state index contributed by atoms with van der Waals surface area (Å²) < 4.78 is 60.1. The van der Waals surface area contributed by atoms with Crippen molar-refractivity contribution < 1.29 is 97.8 Å². The van der Waals surface area contributed by atoms with Crippen LogP contribution in [0.3, 0.4) is 0 Å². The average molecular weight is 985 g/mol. The molecule has 20 heteroatoms. The highest BCUT2D eigenvalue weighted by atomic mass is 16.8. The van der Waals surface area contributed by atoms with E-state index in [4.69, 9.17) is 47.4 Å². The zero-order valence-corrected chi connectivity index (χ0v) is 40.5. The molecule has 392 valence electrons. The number of fused-ring (bicyclic) bond motifs is 5. The van der Waals surface area contributed by atoms with Crippen LogP contribution in [0.15, 0.2) is 11.6 Å². The van der Waals surface area contributed by atoms with E-state index in [-0.39, 0.29) is 55.2 Å². The molecule has 9 aliphatic rings. The van der Waals surface area contributed by atoms with Crippen molar-refractivity contribution in [3.05, 3.63) is 11.6 Å². The van der Waals surface area contributed by atoms with Gasteiger partial charge in [-0.05, 0) is 94.5 Å². The maximum atomic E-state index is 12.6. The molecule has 4 saturated heterocycles. The molecule has 0 spiro atoms. The largest absolute Gasteiger partial charge is 0.459 e. The Morgan fingerprint density at radius 3 is 1.93 bits per heavy atom. The van der Waals surface area contributed by atoms with Gasteiger partial charge in [0.25, 0.3) is 0 Å². The van der Waals surface area contributed by atoms with Crippen LogP contribution in [-0.4, -0.2) is 188 Å². The molecule has 8 fully saturated rings. The molecule has 4 saturated carbocycles. The Bertz CT molecular complexity index is 1850. The zero-order chi connectivity index (χ0) is 49.5. The molecule has 9 rings (SSSR count). The summed E-state index contributed by atoms with van der Waals surface area (Å²) >= 11 is 0. The van der Waals surface area contributed by atoms with Crippen LogP contribution < -0.4 is 0 Å². The molecule has 8 N–H and O–H groups in total. The van der Waals surface area contributed by atoms with E-state index in [9.17, 15) is 50.4 Å². The molecule has 5 heterocycles. The van der Waals surface area contributed by atoms with Gasteiger partial charge in [-0.3, -0.25) is 4.79 Å². The highest BCUT2D eigenvalue weighted by Gasteiger charge is 2.70. The van der Waals surface area contributed by atoms with Crippen LogP contribution in [-0.2, 0) is 57.0 Å². The SMILES string of the molecule is CC(=O)O[C@H]1C[C@H](O[C@H]2[C@@H](O)C[C@H](O[C@H]3[C@@H](O)C[C@H](OC4CC[C@@]5(C)C(CC[C@@H]6[C@@H]5CC[C@]5(C)[C@@H](C7=CC(=O)OC7)[C@@H](O)C[C@]65O)C4)O[C@@H]3C)O[C@@H]2C)O[C@H](C)[C@H]1O[C@@H]1O[C@H](CO)[C@@H](O)[C@H](O)[C@H]1O. The monoisotopic (exact) mass is 984 g/mol. The van der Waals surface area contributed by atoms with Gasteiger partial charge in [-0.15, -0.1) is 0 Å². The second-order valence-corrected chi connectivity index (χ2v) is 22.3. The zero-order valence-electron chi connectivity index (χ0n) is 40.5. The van der Waals surface area contributed by atoms with Gasteiger partial charge in [0, 0.05) is 50.0 Å². The fourth-order valence-corrected chi connectivity index (χ4v) is 14.7. The number of carbonyl (C=O) groups is 2. The minimum absolute atomic E-state index is 0.000687. The fraction of sp³-hybridized carbons (Fsp3) is 0.918. The lowest BCUT2D eigenvalue weighted by Gasteiger charge is -2.63. The Morgan fingerprint density at radius 1 is 0.710 bits per heavy atom. The first-order valence-electron chi connectivity index (χ1n) is 25.3. The van der Waals surface area contributed by atoms with Gasteiger partial charge in [0.15, 0.2) is 25.2 Å². The fourth-order valence-electron chi connectivity index (χ4n) is 14.7. The van der Waals surface area contributed by atoms with E-state index < -0.39 is 134 Å². The average Bonchev–Trinajstić information content (AvgIpc) is 3.79. The van der Waals surface area contributed by atoms with Gasteiger partial charge < -0.3 is 88.2 Å². The molecule has 0 amide bonds. The van der Waals surface area contributed by atoms with Crippen LogP contribution >= 0.6 is 0 Å². The number of aliphatic hydroxyl groups is 8. The molecule has 69 heavy (non-hydrogen) atoms. The van der Waals surface area contributed by atoms with E-state index in [0.29, 0.717) is 18.3 Å². The van der Waals surface area contributed by atoms with Crippen LogP contribution in [0.2, 0.25) is 0 Å². The Kier molecular flexibility index (Phi) is 15.1. The predicted molar refractivity (Wildman–Crippen MR) is 235 cm³/mol. The number of aliphatic hydroxyl groups excluding tert-OH is 7. The van der Waals surface area contributed by atoms with Crippen molar-refractivity contribution in [2.75, 3.05) is 13.2 Å². The third-order valence-corrected chi connectivity index (χ3v) is 18.2. The van der Waals surface area contributed by atoms with E-state index in [1.54, 1.807) is 13.8 Å². The molecular weight excluding hydrogens is 909 g/mol. The summed E-state index contributed by atoms with van der Waals surface area (Å²) in [7, 11) is 0.